The summed E-state index contributed by atoms with van der Waals surface area (Å²) >= 11 is 0. The summed E-state index contributed by atoms with van der Waals surface area (Å²) in [6.07, 6.45) is 4.71. The minimum atomic E-state index is 0.299. The normalized spacial score (nSPS) is 21.0. The van der Waals surface area contributed by atoms with Gasteiger partial charge in [0.2, 0.25) is 0 Å². The van der Waals surface area contributed by atoms with Crippen LogP contribution in [0.1, 0.15) is 31.4 Å². The average Bonchev–Trinajstić information content (AvgIpc) is 2.83. The fourth-order valence-corrected chi connectivity index (χ4v) is 3.18. The molecule has 2 N–H and O–H groups in total. The molecular formula is C16H22N2O. The summed E-state index contributed by atoms with van der Waals surface area (Å²) in [5.74, 6) is 0. The molecule has 0 radical (unpaired) electrons. The SMILES string of the molecule is OCC[C@H]1CCCCN1Cc1cc2ccccc2[nH]1. The molecule has 19 heavy (non-hydrogen) atoms. The molecule has 0 spiro atoms. The van der Waals surface area contributed by atoms with E-state index in [0.29, 0.717) is 12.6 Å². The molecule has 1 aromatic heterocycles. The molecule has 1 saturated heterocycles. The molecule has 1 fully saturated rings. The van der Waals surface area contributed by atoms with E-state index in [1.54, 1.807) is 0 Å². The monoisotopic (exact) mass is 258 g/mol. The first kappa shape index (κ1) is 12.7. The lowest BCUT2D eigenvalue weighted by Gasteiger charge is -2.35. The van der Waals surface area contributed by atoms with Gasteiger partial charge in [0.1, 0.15) is 0 Å². The van der Waals surface area contributed by atoms with Gasteiger partial charge in [-0.05, 0) is 43.3 Å². The Bertz CT molecular complexity index is 499. The van der Waals surface area contributed by atoms with Gasteiger partial charge in [-0.3, -0.25) is 4.90 Å². The van der Waals surface area contributed by atoms with Crippen molar-refractivity contribution in [3.63, 3.8) is 0 Å². The molecule has 1 aliphatic rings. The number of hydrogen-bond donors (Lipinski definition) is 2. The lowest BCUT2D eigenvalue weighted by molar-refractivity contribution is 0.111. The van der Waals surface area contributed by atoms with Gasteiger partial charge in [0, 0.05) is 30.4 Å². The standard InChI is InChI=1S/C16H22N2O/c19-10-8-15-6-3-4-9-18(15)12-14-11-13-5-1-2-7-16(13)17-14/h1-2,5,7,11,15,17,19H,3-4,6,8-10,12H2/t15-/m1/s1. The van der Waals surface area contributed by atoms with Gasteiger partial charge < -0.3 is 10.1 Å². The average molecular weight is 258 g/mol. The number of nitrogens with one attached hydrogen (secondary N) is 1. The van der Waals surface area contributed by atoms with Gasteiger partial charge >= 0.3 is 0 Å². The van der Waals surface area contributed by atoms with Crippen molar-refractivity contribution >= 4 is 10.9 Å². The van der Waals surface area contributed by atoms with E-state index >= 15 is 0 Å². The van der Waals surface area contributed by atoms with Gasteiger partial charge in [0.05, 0.1) is 0 Å². The maximum Gasteiger partial charge on any atom is 0.0456 e. The van der Waals surface area contributed by atoms with Crippen LogP contribution >= 0.6 is 0 Å². The second-order valence-corrected chi connectivity index (χ2v) is 5.51. The van der Waals surface area contributed by atoms with E-state index in [1.165, 1.54) is 35.9 Å². The summed E-state index contributed by atoms with van der Waals surface area (Å²) < 4.78 is 0. The minimum absolute atomic E-state index is 0.299. The Hall–Kier alpha value is -1.32. The summed E-state index contributed by atoms with van der Waals surface area (Å²) in [6, 6.07) is 11.2. The van der Waals surface area contributed by atoms with Crippen LogP contribution < -0.4 is 0 Å². The molecule has 0 unspecified atom stereocenters. The quantitative estimate of drug-likeness (QED) is 0.885. The van der Waals surface area contributed by atoms with Crippen LogP contribution in [-0.4, -0.2) is 34.2 Å². The van der Waals surface area contributed by atoms with Crippen molar-refractivity contribution in [2.45, 2.75) is 38.3 Å². The third-order valence-corrected chi connectivity index (χ3v) is 4.17. The number of likely N-dealkylation sites (tertiary alicyclic amines) is 1. The zero-order valence-corrected chi connectivity index (χ0v) is 11.3. The van der Waals surface area contributed by atoms with Crippen molar-refractivity contribution in [3.05, 3.63) is 36.0 Å². The van der Waals surface area contributed by atoms with Crippen LogP contribution in [0.5, 0.6) is 0 Å². The second kappa shape index (κ2) is 5.76. The highest BCUT2D eigenvalue weighted by Gasteiger charge is 2.22. The molecule has 102 valence electrons. The Morgan fingerprint density at radius 3 is 3.00 bits per heavy atom. The van der Waals surface area contributed by atoms with Crippen molar-refractivity contribution in [1.29, 1.82) is 0 Å². The summed E-state index contributed by atoms with van der Waals surface area (Å²) in [6.45, 7) is 2.42. The number of aromatic amines is 1. The van der Waals surface area contributed by atoms with Crippen LogP contribution in [0.25, 0.3) is 10.9 Å². The predicted octanol–water partition coefficient (Wildman–Crippen LogP) is 2.90. The van der Waals surface area contributed by atoms with Crippen LogP contribution in [0.15, 0.2) is 30.3 Å². The topological polar surface area (TPSA) is 39.3 Å². The van der Waals surface area contributed by atoms with Gasteiger partial charge in [0.25, 0.3) is 0 Å². The summed E-state index contributed by atoms with van der Waals surface area (Å²) in [5, 5.41) is 10.5. The van der Waals surface area contributed by atoms with Crippen molar-refractivity contribution in [2.24, 2.45) is 0 Å². The third kappa shape index (κ3) is 2.82. The number of rotatable bonds is 4. The first-order valence-electron chi connectivity index (χ1n) is 7.28. The van der Waals surface area contributed by atoms with Crippen molar-refractivity contribution < 1.29 is 5.11 Å². The molecule has 1 atom stereocenters. The molecule has 2 aromatic rings. The van der Waals surface area contributed by atoms with E-state index < -0.39 is 0 Å². The number of benzene rings is 1. The zero-order chi connectivity index (χ0) is 13.1. The Morgan fingerprint density at radius 2 is 2.16 bits per heavy atom. The maximum absolute atomic E-state index is 9.18. The molecule has 0 saturated carbocycles. The van der Waals surface area contributed by atoms with Crippen molar-refractivity contribution in [2.75, 3.05) is 13.2 Å². The molecule has 3 heteroatoms. The first-order chi connectivity index (χ1) is 9.36. The minimum Gasteiger partial charge on any atom is -0.396 e. The number of para-hydroxylation sites is 1. The van der Waals surface area contributed by atoms with Crippen LogP contribution in [0, 0.1) is 0 Å². The number of aliphatic hydroxyl groups is 1. The van der Waals surface area contributed by atoms with E-state index in [0.717, 1.165) is 19.5 Å². The number of fused-ring (bicyclic) bond motifs is 1. The molecule has 1 aromatic carbocycles. The van der Waals surface area contributed by atoms with Gasteiger partial charge in [-0.25, -0.2) is 0 Å². The number of nitrogens with zero attached hydrogens (tertiary/aromatic N) is 1. The Kier molecular flexibility index (Phi) is 3.85. The highest BCUT2D eigenvalue weighted by molar-refractivity contribution is 5.80. The molecule has 0 aliphatic carbocycles. The Labute approximate surface area is 114 Å². The highest BCUT2D eigenvalue weighted by Crippen LogP contribution is 2.23. The molecule has 1 aliphatic heterocycles. The maximum atomic E-state index is 9.18. The summed E-state index contributed by atoms with van der Waals surface area (Å²) in [5.41, 5.74) is 2.50. The number of H-pyrrole nitrogens is 1. The van der Waals surface area contributed by atoms with Gasteiger partial charge in [0.15, 0.2) is 0 Å². The van der Waals surface area contributed by atoms with Crippen LogP contribution in [0.3, 0.4) is 0 Å². The van der Waals surface area contributed by atoms with Crippen LogP contribution in [-0.2, 0) is 6.54 Å². The molecule has 2 heterocycles. The molecular weight excluding hydrogens is 236 g/mol. The molecule has 0 bridgehead atoms. The number of aliphatic hydroxyl groups excluding tert-OH is 1. The van der Waals surface area contributed by atoms with Gasteiger partial charge in [-0.1, -0.05) is 24.6 Å². The lowest BCUT2D eigenvalue weighted by Crippen LogP contribution is -2.39. The molecule has 3 nitrogen and oxygen atoms in total. The third-order valence-electron chi connectivity index (χ3n) is 4.17. The zero-order valence-electron chi connectivity index (χ0n) is 11.3. The summed E-state index contributed by atoms with van der Waals surface area (Å²) in [7, 11) is 0. The summed E-state index contributed by atoms with van der Waals surface area (Å²) in [4.78, 5) is 6.02. The predicted molar refractivity (Wildman–Crippen MR) is 78.1 cm³/mol. The van der Waals surface area contributed by atoms with E-state index in [-0.39, 0.29) is 0 Å². The van der Waals surface area contributed by atoms with Gasteiger partial charge in [-0.15, -0.1) is 0 Å². The Morgan fingerprint density at radius 1 is 1.26 bits per heavy atom. The molecule has 0 amide bonds. The Balaban J connectivity index is 1.75. The fraction of sp³-hybridized carbons (Fsp3) is 0.500. The number of hydrogen-bond acceptors (Lipinski definition) is 2. The van der Waals surface area contributed by atoms with E-state index in [2.05, 4.69) is 40.2 Å². The van der Waals surface area contributed by atoms with E-state index in [4.69, 9.17) is 0 Å². The largest absolute Gasteiger partial charge is 0.396 e. The fourth-order valence-electron chi connectivity index (χ4n) is 3.18. The number of piperidine rings is 1. The van der Waals surface area contributed by atoms with E-state index in [9.17, 15) is 5.11 Å². The van der Waals surface area contributed by atoms with E-state index in [1.807, 2.05) is 0 Å². The van der Waals surface area contributed by atoms with Crippen LogP contribution in [0.4, 0.5) is 0 Å². The smallest absolute Gasteiger partial charge is 0.0456 e. The highest BCUT2D eigenvalue weighted by atomic mass is 16.3. The van der Waals surface area contributed by atoms with Gasteiger partial charge in [-0.2, -0.15) is 0 Å². The van der Waals surface area contributed by atoms with Crippen LogP contribution in [0.2, 0.25) is 0 Å². The van der Waals surface area contributed by atoms with Crippen molar-refractivity contribution in [3.8, 4) is 0 Å². The van der Waals surface area contributed by atoms with Crippen molar-refractivity contribution in [1.82, 2.24) is 9.88 Å². The number of aromatic nitrogens is 1. The first-order valence-corrected chi connectivity index (χ1v) is 7.28. The lowest BCUT2D eigenvalue weighted by atomic mass is 9.99. The second-order valence-electron chi connectivity index (χ2n) is 5.51. The molecule has 3 rings (SSSR count).